The fraction of sp³-hybridized carbons (Fsp3) is 0.206. The van der Waals surface area contributed by atoms with Gasteiger partial charge in [-0.25, -0.2) is 4.98 Å². The molecule has 4 aromatic heterocycles. The molecule has 0 fully saturated rings. The molecule has 0 N–H and O–H groups in total. The second-order valence-corrected chi connectivity index (χ2v) is 19.0. The number of rotatable bonds is 10. The van der Waals surface area contributed by atoms with Crippen LogP contribution in [-0.4, -0.2) is 19.5 Å². The van der Waals surface area contributed by atoms with Crippen LogP contribution in [0.15, 0.2) is 163 Å². The summed E-state index contributed by atoms with van der Waals surface area (Å²) in [5.41, 5.74) is 19.0. The van der Waals surface area contributed by atoms with Crippen molar-refractivity contribution in [1.29, 1.82) is 5.26 Å². The minimum absolute atomic E-state index is 0. The van der Waals surface area contributed by atoms with E-state index in [0.717, 1.165) is 55.9 Å². The normalized spacial score (nSPS) is 11.3. The second kappa shape index (κ2) is 21.2. The quantitative estimate of drug-likeness (QED) is 0.127. The largest absolute Gasteiger partial charge is 0.501 e. The van der Waals surface area contributed by atoms with Crippen LogP contribution in [0.2, 0.25) is 0 Å². The number of pyridine rings is 2. The summed E-state index contributed by atoms with van der Waals surface area (Å²) in [6.45, 7) is 20.0. The third-order valence-electron chi connectivity index (χ3n) is 12.9. The molecule has 6 nitrogen and oxygen atoms in total. The van der Waals surface area contributed by atoms with Crippen LogP contribution < -0.4 is 0 Å². The first-order valence-corrected chi connectivity index (χ1v) is 24.0. The fourth-order valence-corrected chi connectivity index (χ4v) is 9.28. The molecule has 1 radical (unpaired) electrons. The maximum atomic E-state index is 9.42. The third-order valence-corrected chi connectivity index (χ3v) is 12.9. The molecule has 0 aliphatic heterocycles. The van der Waals surface area contributed by atoms with Gasteiger partial charge in [0.05, 0.1) is 17.2 Å². The van der Waals surface area contributed by atoms with Crippen molar-refractivity contribution in [3.8, 4) is 67.7 Å². The predicted octanol–water partition coefficient (Wildman–Crippen LogP) is 16.9. The number of hydrogen-bond acceptors (Lipinski definition) is 5. The molecule has 7 heteroatoms. The Hall–Kier alpha value is -7.23. The molecule has 0 spiro atoms. The summed E-state index contributed by atoms with van der Waals surface area (Å²) in [6.07, 6.45) is 5.80. The van der Waals surface area contributed by atoms with Crippen LogP contribution in [-0.2, 0) is 20.1 Å². The molecule has 6 aromatic carbocycles. The summed E-state index contributed by atoms with van der Waals surface area (Å²) in [7, 11) is 0. The Kier molecular flexibility index (Phi) is 14.9. The van der Waals surface area contributed by atoms with Gasteiger partial charge in [0.15, 0.2) is 0 Å². The van der Waals surface area contributed by atoms with E-state index in [4.69, 9.17) is 9.40 Å². The van der Waals surface area contributed by atoms with Crippen LogP contribution in [0.3, 0.4) is 0 Å². The van der Waals surface area contributed by atoms with Crippen molar-refractivity contribution in [2.24, 2.45) is 0 Å². The SMILES string of the molecule is CC(C)c1cnc(C(C)C)n1-c1cccnc1-c1[c-]cccc1.Cc1cnc(-c2[c-]ccc3c2oc2cc(C#N)ccc23)cc1-c1c(C(C)C)cc(-c2ccc(-c3ccccc3)cc2)cc1C(C)C.[Ir]. The van der Waals surface area contributed by atoms with Gasteiger partial charge < -0.3 is 19.0 Å². The number of nitriles is 1. The molecule has 0 amide bonds. The summed E-state index contributed by atoms with van der Waals surface area (Å²) in [5.74, 6) is 2.43. The fourth-order valence-electron chi connectivity index (χ4n) is 9.28. The average Bonchev–Trinajstić information content (AvgIpc) is 4.00. The van der Waals surface area contributed by atoms with E-state index in [1.165, 1.54) is 50.2 Å². The topological polar surface area (TPSA) is 80.5 Å². The number of nitrogens with zero attached hydrogens (tertiary/aromatic N) is 5. The first-order chi connectivity index (χ1) is 33.4. The number of aromatic nitrogens is 4. The number of fused-ring (bicyclic) bond motifs is 3. The van der Waals surface area contributed by atoms with Crippen molar-refractivity contribution < 1.29 is 24.5 Å². The molecule has 10 aromatic rings. The monoisotopic (exact) mass is 1090 g/mol. The number of hydrogen-bond donors (Lipinski definition) is 0. The Morgan fingerprint density at radius 3 is 1.93 bits per heavy atom. The van der Waals surface area contributed by atoms with E-state index >= 15 is 0 Å². The van der Waals surface area contributed by atoms with Crippen LogP contribution in [0.25, 0.3) is 83.5 Å². The smallest absolute Gasteiger partial charge is 0.122 e. The molecule has 0 saturated heterocycles. The Bertz CT molecular complexity index is 3410. The number of furan rings is 1. The number of benzene rings is 6. The van der Waals surface area contributed by atoms with Gasteiger partial charge >= 0.3 is 0 Å². The van der Waals surface area contributed by atoms with E-state index in [2.05, 4.69) is 174 Å². The Morgan fingerprint density at radius 1 is 0.600 bits per heavy atom. The van der Waals surface area contributed by atoms with Crippen LogP contribution in [0.5, 0.6) is 0 Å². The summed E-state index contributed by atoms with van der Waals surface area (Å²) < 4.78 is 8.62. The standard InChI is InChI=1S/C43H35N2O.C20H22N3.Ir/c1-26(2)37-21-33(32-17-15-31(16-18-32)30-10-7-6-8-11-30)22-38(27(3)4)42(37)39-23-40(45-25-28(39)5)36-13-9-12-35-34-19-14-29(24-44)20-41(34)46-43(35)36;1-14(2)18-13-22-20(15(3)4)23(18)17-11-8-12-21-19(17)16-9-6-5-7-10-16;/h6-12,14-23,25-27H,1-5H3;5-9,11-15H,1-4H3;/q2*-1;. The minimum atomic E-state index is 0. The van der Waals surface area contributed by atoms with Gasteiger partial charge in [-0.3, -0.25) is 0 Å². The zero-order valence-electron chi connectivity index (χ0n) is 41.3. The van der Waals surface area contributed by atoms with Gasteiger partial charge in [-0.2, -0.15) is 5.26 Å². The molecule has 0 unspecified atom stereocenters. The van der Waals surface area contributed by atoms with E-state index in [0.29, 0.717) is 34.8 Å². The van der Waals surface area contributed by atoms with Gasteiger partial charge in [0.25, 0.3) is 0 Å². The van der Waals surface area contributed by atoms with Crippen molar-refractivity contribution in [2.45, 2.75) is 86.0 Å². The molecule has 70 heavy (non-hydrogen) atoms. The molecule has 0 bridgehead atoms. The summed E-state index contributed by atoms with van der Waals surface area (Å²) in [6, 6.07) is 56.9. The van der Waals surface area contributed by atoms with E-state index in [-0.39, 0.29) is 20.1 Å². The Labute approximate surface area is 426 Å². The first-order valence-electron chi connectivity index (χ1n) is 24.0. The molecular weight excluding hydrogens is 1030 g/mol. The van der Waals surface area contributed by atoms with Gasteiger partial charge in [0.2, 0.25) is 0 Å². The summed E-state index contributed by atoms with van der Waals surface area (Å²) >= 11 is 0. The zero-order valence-corrected chi connectivity index (χ0v) is 43.7. The van der Waals surface area contributed by atoms with Gasteiger partial charge in [-0.15, -0.1) is 54.1 Å². The van der Waals surface area contributed by atoms with Crippen LogP contribution in [0.4, 0.5) is 0 Å². The molecular formula is C63H57IrN5O-2. The number of imidazole rings is 1. The summed E-state index contributed by atoms with van der Waals surface area (Å²) in [5, 5.41) is 11.4. The van der Waals surface area contributed by atoms with E-state index < -0.39 is 0 Å². The summed E-state index contributed by atoms with van der Waals surface area (Å²) in [4.78, 5) is 14.2. The Morgan fingerprint density at radius 2 is 1.29 bits per heavy atom. The van der Waals surface area contributed by atoms with Crippen molar-refractivity contribution in [3.63, 3.8) is 0 Å². The Balaban J connectivity index is 0.000000231. The van der Waals surface area contributed by atoms with Crippen LogP contribution in [0, 0.1) is 30.4 Å². The van der Waals surface area contributed by atoms with E-state index in [1.807, 2.05) is 73.2 Å². The average molecular weight is 1090 g/mol. The molecule has 0 aliphatic carbocycles. The van der Waals surface area contributed by atoms with Gasteiger partial charge in [-0.1, -0.05) is 145 Å². The third kappa shape index (κ3) is 9.81. The van der Waals surface area contributed by atoms with Crippen molar-refractivity contribution in [3.05, 3.63) is 204 Å². The van der Waals surface area contributed by atoms with Crippen molar-refractivity contribution in [1.82, 2.24) is 19.5 Å². The van der Waals surface area contributed by atoms with Gasteiger partial charge in [-0.05, 0) is 105 Å². The van der Waals surface area contributed by atoms with E-state index in [1.54, 1.807) is 6.07 Å². The number of aryl methyl sites for hydroxylation is 1. The molecule has 0 saturated carbocycles. The molecule has 4 heterocycles. The zero-order chi connectivity index (χ0) is 48.3. The molecule has 0 atom stereocenters. The minimum Gasteiger partial charge on any atom is -0.501 e. The van der Waals surface area contributed by atoms with Crippen molar-refractivity contribution in [2.75, 3.05) is 0 Å². The molecule has 10 rings (SSSR count). The first kappa shape index (κ1) is 49.2. The maximum Gasteiger partial charge on any atom is 0.122 e. The predicted molar refractivity (Wildman–Crippen MR) is 284 cm³/mol. The van der Waals surface area contributed by atoms with Crippen molar-refractivity contribution >= 4 is 21.9 Å². The van der Waals surface area contributed by atoms with E-state index in [9.17, 15) is 5.26 Å². The molecule has 0 aliphatic rings. The molecule has 351 valence electrons. The maximum absolute atomic E-state index is 9.42. The van der Waals surface area contributed by atoms with Crippen LogP contribution >= 0.6 is 0 Å². The van der Waals surface area contributed by atoms with Gasteiger partial charge in [0.1, 0.15) is 11.4 Å². The second-order valence-electron chi connectivity index (χ2n) is 19.0. The van der Waals surface area contributed by atoms with Crippen LogP contribution in [0.1, 0.15) is 113 Å². The van der Waals surface area contributed by atoms with Gasteiger partial charge in [0, 0.05) is 67.1 Å².